The minimum absolute atomic E-state index is 0.0524. The molecule has 0 spiro atoms. The Labute approximate surface area is 82.4 Å². The Bertz CT molecular complexity index is 225. The van der Waals surface area contributed by atoms with Gasteiger partial charge in [0.15, 0.2) is 6.10 Å². The zero-order chi connectivity index (χ0) is 10.6. The smallest absolute Gasteiger partial charge is 0.332 e. The first kappa shape index (κ1) is 11.0. The molecule has 0 saturated heterocycles. The van der Waals surface area contributed by atoms with E-state index < -0.39 is 12.1 Å². The second kappa shape index (κ2) is 4.95. The van der Waals surface area contributed by atoms with E-state index in [1.54, 1.807) is 0 Å². The first-order valence-electron chi connectivity index (χ1n) is 4.73. The molecular formula is C9H15NO4. The van der Waals surface area contributed by atoms with Crippen molar-refractivity contribution in [2.24, 2.45) is 5.92 Å². The fourth-order valence-corrected chi connectivity index (χ4v) is 0.971. The summed E-state index contributed by atoms with van der Waals surface area (Å²) < 4.78 is 4.94. The highest BCUT2D eigenvalue weighted by molar-refractivity contribution is 5.80. The van der Waals surface area contributed by atoms with Crippen LogP contribution in [0.4, 0.5) is 0 Å². The van der Waals surface area contributed by atoms with E-state index in [-0.39, 0.29) is 18.4 Å². The number of hydrogen-bond donors (Lipinski definition) is 2. The van der Waals surface area contributed by atoms with Crippen LogP contribution in [0, 0.1) is 5.92 Å². The van der Waals surface area contributed by atoms with E-state index in [0.717, 1.165) is 12.8 Å². The van der Waals surface area contributed by atoms with Gasteiger partial charge < -0.3 is 15.2 Å². The van der Waals surface area contributed by atoms with E-state index in [1.165, 1.54) is 6.92 Å². The maximum absolute atomic E-state index is 11.1. The van der Waals surface area contributed by atoms with Crippen LogP contribution in [0.5, 0.6) is 0 Å². The molecule has 80 valence electrons. The number of carbonyl (C=O) groups is 2. The number of carboxylic acids is 1. The summed E-state index contributed by atoms with van der Waals surface area (Å²) in [5, 5.41) is 11.2. The third-order valence-corrected chi connectivity index (χ3v) is 2.07. The van der Waals surface area contributed by atoms with Gasteiger partial charge in [-0.3, -0.25) is 4.79 Å². The van der Waals surface area contributed by atoms with Crippen LogP contribution in [0.15, 0.2) is 0 Å². The van der Waals surface area contributed by atoms with Crippen molar-refractivity contribution in [3.05, 3.63) is 0 Å². The second-order valence-electron chi connectivity index (χ2n) is 3.42. The average molecular weight is 201 g/mol. The number of carbonyl (C=O) groups excluding carboxylic acids is 1. The Morgan fingerprint density at radius 1 is 1.57 bits per heavy atom. The summed E-state index contributed by atoms with van der Waals surface area (Å²) in [6, 6.07) is 0. The van der Waals surface area contributed by atoms with Crippen molar-refractivity contribution in [3.63, 3.8) is 0 Å². The number of rotatable bonds is 6. The molecule has 1 rings (SSSR count). The molecule has 1 saturated carbocycles. The lowest BCUT2D eigenvalue weighted by molar-refractivity contribution is -0.149. The molecule has 0 aromatic carbocycles. The highest BCUT2D eigenvalue weighted by Crippen LogP contribution is 2.28. The number of carboxylic acid groups (broad SMARTS) is 1. The number of ether oxygens (including phenoxy) is 1. The van der Waals surface area contributed by atoms with Crippen LogP contribution in [-0.4, -0.2) is 36.2 Å². The van der Waals surface area contributed by atoms with Gasteiger partial charge in [0.2, 0.25) is 5.91 Å². The average Bonchev–Trinajstić information content (AvgIpc) is 2.94. The Hall–Kier alpha value is -1.10. The third-order valence-electron chi connectivity index (χ3n) is 2.07. The number of hydrogen-bond acceptors (Lipinski definition) is 3. The van der Waals surface area contributed by atoms with Crippen LogP contribution < -0.4 is 5.32 Å². The summed E-state index contributed by atoms with van der Waals surface area (Å²) in [5.41, 5.74) is 0. The molecule has 14 heavy (non-hydrogen) atoms. The minimum Gasteiger partial charge on any atom is -0.479 e. The molecule has 2 N–H and O–H groups in total. The predicted octanol–water partition coefficient (Wildman–Crippen LogP) is 0.00230. The Balaban J connectivity index is 1.98. The van der Waals surface area contributed by atoms with Crippen molar-refractivity contribution < 1.29 is 19.4 Å². The Kier molecular flexibility index (Phi) is 3.88. The molecule has 1 aliphatic carbocycles. The summed E-state index contributed by atoms with van der Waals surface area (Å²) in [5.74, 6) is -0.748. The summed E-state index contributed by atoms with van der Waals surface area (Å²) in [7, 11) is 0. The van der Waals surface area contributed by atoms with Gasteiger partial charge >= 0.3 is 5.97 Å². The first-order chi connectivity index (χ1) is 6.61. The molecule has 0 radical (unpaired) electrons. The fraction of sp³-hybridized carbons (Fsp3) is 0.778. The second-order valence-corrected chi connectivity index (χ2v) is 3.42. The largest absolute Gasteiger partial charge is 0.479 e. The van der Waals surface area contributed by atoms with E-state index in [2.05, 4.69) is 5.32 Å². The van der Waals surface area contributed by atoms with Crippen LogP contribution in [0.1, 0.15) is 19.8 Å². The van der Waals surface area contributed by atoms with Gasteiger partial charge in [-0.1, -0.05) is 0 Å². The molecule has 1 amide bonds. The van der Waals surface area contributed by atoms with Crippen molar-refractivity contribution in [2.45, 2.75) is 25.9 Å². The minimum atomic E-state index is -0.987. The van der Waals surface area contributed by atoms with Crippen molar-refractivity contribution in [1.82, 2.24) is 5.32 Å². The molecule has 0 aliphatic heterocycles. The van der Waals surface area contributed by atoms with Crippen LogP contribution in [0.2, 0.25) is 0 Å². The van der Waals surface area contributed by atoms with Gasteiger partial charge in [-0.25, -0.2) is 4.79 Å². The number of nitrogens with one attached hydrogen (secondary N) is 1. The molecule has 0 aromatic rings. The normalized spacial score (nSPS) is 17.5. The van der Waals surface area contributed by atoms with Crippen molar-refractivity contribution in [2.75, 3.05) is 13.2 Å². The number of aliphatic carboxylic acids is 1. The van der Waals surface area contributed by atoms with Crippen molar-refractivity contribution in [3.8, 4) is 0 Å². The monoisotopic (exact) mass is 201 g/mol. The Morgan fingerprint density at radius 2 is 2.21 bits per heavy atom. The SMILES string of the molecule is CC(OCCNC(=O)C1CC1)C(=O)O. The van der Waals surface area contributed by atoms with Crippen LogP contribution in [0.3, 0.4) is 0 Å². The molecule has 1 unspecified atom stereocenters. The molecule has 0 heterocycles. The van der Waals surface area contributed by atoms with Crippen LogP contribution in [0.25, 0.3) is 0 Å². The van der Waals surface area contributed by atoms with Gasteiger partial charge in [-0.15, -0.1) is 0 Å². The maximum atomic E-state index is 11.1. The van der Waals surface area contributed by atoms with Crippen LogP contribution in [-0.2, 0) is 14.3 Å². The van der Waals surface area contributed by atoms with Gasteiger partial charge in [0.1, 0.15) is 0 Å². The maximum Gasteiger partial charge on any atom is 0.332 e. The summed E-state index contributed by atoms with van der Waals surface area (Å²) in [4.78, 5) is 21.4. The molecule has 0 aromatic heterocycles. The van der Waals surface area contributed by atoms with E-state index in [4.69, 9.17) is 9.84 Å². The topological polar surface area (TPSA) is 75.6 Å². The summed E-state index contributed by atoms with van der Waals surface area (Å²) in [6.07, 6.45) is 1.13. The molecule has 5 heteroatoms. The zero-order valence-electron chi connectivity index (χ0n) is 8.16. The van der Waals surface area contributed by atoms with E-state index in [1.807, 2.05) is 0 Å². The van der Waals surface area contributed by atoms with Crippen molar-refractivity contribution in [1.29, 1.82) is 0 Å². The lowest BCUT2D eigenvalue weighted by Gasteiger charge is -2.08. The summed E-state index contributed by atoms with van der Waals surface area (Å²) >= 11 is 0. The predicted molar refractivity (Wildman–Crippen MR) is 48.8 cm³/mol. The summed E-state index contributed by atoms with van der Waals surface area (Å²) in [6.45, 7) is 2.09. The third kappa shape index (κ3) is 3.74. The highest BCUT2D eigenvalue weighted by Gasteiger charge is 2.29. The first-order valence-corrected chi connectivity index (χ1v) is 4.73. The van der Waals surface area contributed by atoms with Gasteiger partial charge in [0.05, 0.1) is 6.61 Å². The zero-order valence-corrected chi connectivity index (χ0v) is 8.16. The molecule has 5 nitrogen and oxygen atoms in total. The molecule has 0 bridgehead atoms. The highest BCUT2D eigenvalue weighted by atomic mass is 16.5. The van der Waals surface area contributed by atoms with E-state index >= 15 is 0 Å². The van der Waals surface area contributed by atoms with Crippen LogP contribution >= 0.6 is 0 Å². The lowest BCUT2D eigenvalue weighted by Crippen LogP contribution is -2.30. The number of amides is 1. The van der Waals surface area contributed by atoms with Gasteiger partial charge in [0.25, 0.3) is 0 Å². The quantitative estimate of drug-likeness (QED) is 0.593. The fourth-order valence-electron chi connectivity index (χ4n) is 0.971. The van der Waals surface area contributed by atoms with E-state index in [0.29, 0.717) is 6.54 Å². The van der Waals surface area contributed by atoms with E-state index in [9.17, 15) is 9.59 Å². The van der Waals surface area contributed by atoms with Gasteiger partial charge in [-0.05, 0) is 19.8 Å². The molecule has 1 atom stereocenters. The van der Waals surface area contributed by atoms with Gasteiger partial charge in [-0.2, -0.15) is 0 Å². The molecular weight excluding hydrogens is 186 g/mol. The van der Waals surface area contributed by atoms with Gasteiger partial charge in [0, 0.05) is 12.5 Å². The van der Waals surface area contributed by atoms with Crippen molar-refractivity contribution >= 4 is 11.9 Å². The Morgan fingerprint density at radius 3 is 2.71 bits per heavy atom. The molecule has 1 fully saturated rings. The lowest BCUT2D eigenvalue weighted by atomic mass is 10.4. The molecule has 1 aliphatic rings. The standard InChI is InChI=1S/C9H15NO4/c1-6(9(12)13)14-5-4-10-8(11)7-2-3-7/h6-7H,2-5H2,1H3,(H,10,11)(H,12,13).